The number of nitrogens with zero attached hydrogens (tertiary/aromatic N) is 1. The normalized spacial score (nSPS) is 14.1. The van der Waals surface area contributed by atoms with Gasteiger partial charge in [-0.1, -0.05) is 24.3 Å². The summed E-state index contributed by atoms with van der Waals surface area (Å²) in [5.41, 5.74) is 4.13. The number of rotatable bonds is 4. The van der Waals surface area contributed by atoms with Gasteiger partial charge in [-0.25, -0.2) is 13.9 Å². The van der Waals surface area contributed by atoms with E-state index in [1.165, 1.54) is 29.6 Å². The van der Waals surface area contributed by atoms with Gasteiger partial charge in [0.25, 0.3) is 15.9 Å². The first-order chi connectivity index (χ1) is 11.5. The molecular formula is C17H18N2O4S. The third-order valence-electron chi connectivity index (χ3n) is 3.95. The molecule has 1 N–H and O–H groups in total. The molecule has 0 saturated carbocycles. The fourth-order valence-electron chi connectivity index (χ4n) is 2.83. The molecule has 0 radical (unpaired) electrons. The first-order valence-corrected chi connectivity index (χ1v) is 9.02. The van der Waals surface area contributed by atoms with Gasteiger partial charge >= 0.3 is 0 Å². The molecule has 0 unspecified atom stereocenters. The molecule has 0 atom stereocenters. The Morgan fingerprint density at radius 3 is 2.75 bits per heavy atom. The Balaban J connectivity index is 2.00. The van der Waals surface area contributed by atoms with Crippen LogP contribution in [0, 0.1) is 0 Å². The van der Waals surface area contributed by atoms with E-state index in [1.54, 1.807) is 6.07 Å². The van der Waals surface area contributed by atoms with E-state index in [1.807, 2.05) is 24.3 Å². The lowest BCUT2D eigenvalue weighted by molar-refractivity contribution is 0.0537. The molecule has 0 aliphatic carbocycles. The Labute approximate surface area is 141 Å². The van der Waals surface area contributed by atoms with E-state index >= 15 is 0 Å². The lowest BCUT2D eigenvalue weighted by Gasteiger charge is -2.30. The van der Waals surface area contributed by atoms with Gasteiger partial charge < -0.3 is 0 Å². The van der Waals surface area contributed by atoms with Crippen molar-refractivity contribution in [2.24, 2.45) is 0 Å². The minimum absolute atomic E-state index is 0.0861. The number of hydroxylamine groups is 1. The zero-order chi connectivity index (χ0) is 17.2. The molecule has 3 rings (SSSR count). The molecule has 126 valence electrons. The van der Waals surface area contributed by atoms with Gasteiger partial charge in [-0.05, 0) is 42.7 Å². The fourth-order valence-corrected chi connectivity index (χ4v) is 4.41. The van der Waals surface area contributed by atoms with Crippen molar-refractivity contribution in [1.29, 1.82) is 0 Å². The third-order valence-corrected chi connectivity index (χ3v) is 5.76. The van der Waals surface area contributed by atoms with Crippen LogP contribution >= 0.6 is 0 Å². The van der Waals surface area contributed by atoms with Gasteiger partial charge in [0.05, 0.1) is 17.7 Å². The molecular weight excluding hydrogens is 328 g/mol. The Hall–Kier alpha value is -2.38. The first-order valence-electron chi connectivity index (χ1n) is 7.58. The predicted molar refractivity (Wildman–Crippen MR) is 90.2 cm³/mol. The number of amides is 1. The van der Waals surface area contributed by atoms with Gasteiger partial charge in [-0.3, -0.25) is 13.9 Å². The number of nitrogens with one attached hydrogen (secondary N) is 1. The average Bonchev–Trinajstić information content (AvgIpc) is 2.61. The van der Waals surface area contributed by atoms with Gasteiger partial charge in [-0.15, -0.1) is 0 Å². The number of anilines is 1. The van der Waals surface area contributed by atoms with Crippen molar-refractivity contribution in [3.05, 3.63) is 59.7 Å². The summed E-state index contributed by atoms with van der Waals surface area (Å²) in [6.07, 6.45) is 1.62. The topological polar surface area (TPSA) is 75.7 Å². The van der Waals surface area contributed by atoms with Crippen molar-refractivity contribution in [1.82, 2.24) is 5.48 Å². The summed E-state index contributed by atoms with van der Waals surface area (Å²) in [6, 6.07) is 13.4. The average molecular weight is 346 g/mol. The lowest BCUT2D eigenvalue weighted by atomic mass is 10.0. The molecule has 0 spiro atoms. The van der Waals surface area contributed by atoms with Crippen molar-refractivity contribution in [2.45, 2.75) is 17.7 Å². The summed E-state index contributed by atoms with van der Waals surface area (Å²) in [6.45, 7) is 0.424. The van der Waals surface area contributed by atoms with Crippen LogP contribution in [-0.4, -0.2) is 28.0 Å². The standard InChI is InChI=1S/C17H18N2O4S/c1-23-18-17(20)14-7-4-9-15(12-14)24(21,22)19-11-5-8-13-6-2-3-10-16(13)19/h2-4,6-7,9-10,12H,5,8,11H2,1H3,(H,18,20). The van der Waals surface area contributed by atoms with Crippen LogP contribution in [0.5, 0.6) is 0 Å². The largest absolute Gasteiger partial charge is 0.277 e. The molecule has 1 aliphatic heterocycles. The second kappa shape index (κ2) is 6.62. The van der Waals surface area contributed by atoms with Crippen LogP contribution in [0.25, 0.3) is 0 Å². The van der Waals surface area contributed by atoms with Crippen LogP contribution in [0.15, 0.2) is 53.4 Å². The molecule has 0 aromatic heterocycles. The highest BCUT2D eigenvalue weighted by atomic mass is 32.2. The Morgan fingerprint density at radius 2 is 1.96 bits per heavy atom. The maximum Gasteiger partial charge on any atom is 0.274 e. The number of carbonyl (C=O) groups excluding carboxylic acids is 1. The first kappa shape index (κ1) is 16.5. The second-order valence-electron chi connectivity index (χ2n) is 5.47. The number of sulfonamides is 1. The molecule has 0 fully saturated rings. The smallest absolute Gasteiger partial charge is 0.274 e. The highest BCUT2D eigenvalue weighted by molar-refractivity contribution is 7.92. The Bertz CT molecular complexity index is 864. The predicted octanol–water partition coefficient (Wildman–Crippen LogP) is 2.12. The lowest BCUT2D eigenvalue weighted by Crippen LogP contribution is -2.35. The van der Waals surface area contributed by atoms with Crippen LogP contribution in [0.3, 0.4) is 0 Å². The van der Waals surface area contributed by atoms with E-state index in [4.69, 9.17) is 0 Å². The zero-order valence-electron chi connectivity index (χ0n) is 13.2. The monoisotopic (exact) mass is 346 g/mol. The summed E-state index contributed by atoms with van der Waals surface area (Å²) in [4.78, 5) is 16.5. The zero-order valence-corrected chi connectivity index (χ0v) is 14.0. The van der Waals surface area contributed by atoms with E-state index in [0.29, 0.717) is 12.2 Å². The van der Waals surface area contributed by atoms with Crippen LogP contribution in [0.2, 0.25) is 0 Å². The summed E-state index contributed by atoms with van der Waals surface area (Å²) in [5, 5.41) is 0. The minimum atomic E-state index is -3.73. The number of para-hydroxylation sites is 1. The van der Waals surface area contributed by atoms with Crippen molar-refractivity contribution in [2.75, 3.05) is 18.0 Å². The minimum Gasteiger partial charge on any atom is -0.277 e. The van der Waals surface area contributed by atoms with Crippen molar-refractivity contribution < 1.29 is 18.0 Å². The summed E-state index contributed by atoms with van der Waals surface area (Å²) < 4.78 is 27.5. The van der Waals surface area contributed by atoms with E-state index in [-0.39, 0.29) is 10.5 Å². The number of fused-ring (bicyclic) bond motifs is 1. The molecule has 2 aromatic rings. The molecule has 24 heavy (non-hydrogen) atoms. The van der Waals surface area contributed by atoms with E-state index in [0.717, 1.165) is 18.4 Å². The van der Waals surface area contributed by atoms with Gasteiger partial charge in [0.1, 0.15) is 0 Å². The fraction of sp³-hybridized carbons (Fsp3) is 0.235. The molecule has 1 heterocycles. The quantitative estimate of drug-likeness (QED) is 0.861. The molecule has 7 heteroatoms. The van der Waals surface area contributed by atoms with Crippen LogP contribution in [0.1, 0.15) is 22.3 Å². The van der Waals surface area contributed by atoms with Crippen molar-refractivity contribution in [3.8, 4) is 0 Å². The molecule has 2 aromatic carbocycles. The third kappa shape index (κ3) is 3.00. The highest BCUT2D eigenvalue weighted by Crippen LogP contribution is 2.31. The van der Waals surface area contributed by atoms with Gasteiger partial charge in [0.2, 0.25) is 0 Å². The Kier molecular flexibility index (Phi) is 4.55. The van der Waals surface area contributed by atoms with Crippen LogP contribution in [-0.2, 0) is 21.3 Å². The number of carbonyl (C=O) groups is 1. The Morgan fingerprint density at radius 1 is 1.17 bits per heavy atom. The maximum absolute atomic E-state index is 13.0. The SMILES string of the molecule is CONC(=O)c1cccc(S(=O)(=O)N2CCCc3ccccc32)c1. The number of hydrogen-bond donors (Lipinski definition) is 1. The number of aryl methyl sites for hydroxylation is 1. The summed E-state index contributed by atoms with van der Waals surface area (Å²) in [5.74, 6) is -0.492. The number of hydrogen-bond acceptors (Lipinski definition) is 4. The van der Waals surface area contributed by atoms with E-state index in [2.05, 4.69) is 10.3 Å². The molecule has 0 bridgehead atoms. The van der Waals surface area contributed by atoms with Crippen LogP contribution < -0.4 is 9.79 Å². The van der Waals surface area contributed by atoms with Gasteiger partial charge in [-0.2, -0.15) is 0 Å². The number of benzene rings is 2. The summed E-state index contributed by atoms with van der Waals surface area (Å²) in [7, 11) is -2.41. The van der Waals surface area contributed by atoms with Crippen LogP contribution in [0.4, 0.5) is 5.69 Å². The molecule has 0 saturated heterocycles. The van der Waals surface area contributed by atoms with E-state index in [9.17, 15) is 13.2 Å². The van der Waals surface area contributed by atoms with Crippen molar-refractivity contribution >= 4 is 21.6 Å². The second-order valence-corrected chi connectivity index (χ2v) is 7.33. The molecule has 1 aliphatic rings. The van der Waals surface area contributed by atoms with Gasteiger partial charge in [0, 0.05) is 12.1 Å². The molecule has 1 amide bonds. The highest BCUT2D eigenvalue weighted by Gasteiger charge is 2.29. The molecule has 6 nitrogen and oxygen atoms in total. The summed E-state index contributed by atoms with van der Waals surface area (Å²) >= 11 is 0. The maximum atomic E-state index is 13.0. The van der Waals surface area contributed by atoms with Gasteiger partial charge in [0.15, 0.2) is 0 Å². The van der Waals surface area contributed by atoms with E-state index < -0.39 is 15.9 Å². The van der Waals surface area contributed by atoms with Crippen molar-refractivity contribution in [3.63, 3.8) is 0 Å².